The van der Waals surface area contributed by atoms with Crippen LogP contribution < -0.4 is 9.46 Å². The molecule has 1 aromatic rings. The molecule has 6 heteroatoms. The number of pyridine rings is 1. The average Bonchev–Trinajstić information content (AvgIpc) is 2.46. The van der Waals surface area contributed by atoms with Gasteiger partial charge < -0.3 is 4.74 Å². The van der Waals surface area contributed by atoms with Gasteiger partial charge in [0.1, 0.15) is 5.69 Å². The first kappa shape index (κ1) is 18.7. The van der Waals surface area contributed by atoms with E-state index >= 15 is 0 Å². The first-order valence-corrected chi connectivity index (χ1v) is 9.82. The van der Waals surface area contributed by atoms with Crippen LogP contribution >= 0.6 is 0 Å². The van der Waals surface area contributed by atoms with Crippen LogP contribution in [0.15, 0.2) is 12.3 Å². The van der Waals surface area contributed by atoms with Crippen molar-refractivity contribution in [1.82, 2.24) is 4.98 Å². The molecule has 0 spiro atoms. The fourth-order valence-corrected chi connectivity index (χ4v) is 3.05. The van der Waals surface area contributed by atoms with Crippen molar-refractivity contribution in [3.05, 3.63) is 17.8 Å². The normalized spacial score (nSPS) is 11.7. The third-order valence-electron chi connectivity index (χ3n) is 3.64. The van der Waals surface area contributed by atoms with E-state index in [1.807, 2.05) is 12.3 Å². The summed E-state index contributed by atoms with van der Waals surface area (Å²) in [5, 5.41) is 0. The summed E-state index contributed by atoms with van der Waals surface area (Å²) < 4.78 is 30.6. The summed E-state index contributed by atoms with van der Waals surface area (Å²) in [5.41, 5.74) is 1.49. The number of nitrogens with one attached hydrogen (secondary N) is 1. The van der Waals surface area contributed by atoms with E-state index in [1.165, 1.54) is 7.11 Å². The highest BCUT2D eigenvalue weighted by atomic mass is 32.2. The smallest absolute Gasteiger partial charge is 0.238 e. The number of hydrogen-bond donors (Lipinski definition) is 1. The van der Waals surface area contributed by atoms with Crippen molar-refractivity contribution in [3.8, 4) is 5.88 Å². The maximum atomic E-state index is 11.5. The van der Waals surface area contributed by atoms with Crippen molar-refractivity contribution in [3.63, 3.8) is 0 Å². The Labute approximate surface area is 134 Å². The molecule has 0 saturated heterocycles. The third-order valence-corrected chi connectivity index (χ3v) is 4.24. The van der Waals surface area contributed by atoms with Crippen LogP contribution in [0, 0.1) is 0 Å². The van der Waals surface area contributed by atoms with Gasteiger partial charge in [0, 0.05) is 6.20 Å². The molecule has 0 aliphatic rings. The lowest BCUT2D eigenvalue weighted by Gasteiger charge is -2.18. The van der Waals surface area contributed by atoms with Gasteiger partial charge in [-0.3, -0.25) is 4.72 Å². The number of hydrogen-bond acceptors (Lipinski definition) is 4. The first-order chi connectivity index (χ1) is 10.4. The Morgan fingerprint density at radius 3 is 2.27 bits per heavy atom. The molecule has 22 heavy (non-hydrogen) atoms. The van der Waals surface area contributed by atoms with Crippen LogP contribution in [-0.4, -0.2) is 26.8 Å². The predicted octanol–water partition coefficient (Wildman–Crippen LogP) is 3.93. The van der Waals surface area contributed by atoms with Crippen LogP contribution in [0.4, 0.5) is 5.69 Å². The van der Waals surface area contributed by atoms with Crippen molar-refractivity contribution in [1.29, 1.82) is 0 Å². The van der Waals surface area contributed by atoms with Gasteiger partial charge in [-0.2, -0.15) is 0 Å². The molecule has 0 saturated carbocycles. The molecule has 1 heterocycles. The minimum Gasteiger partial charge on any atom is -0.480 e. The highest BCUT2D eigenvalue weighted by Gasteiger charge is 2.16. The van der Waals surface area contributed by atoms with Gasteiger partial charge in [0.25, 0.3) is 0 Å². The average molecular weight is 328 g/mol. The highest BCUT2D eigenvalue weighted by molar-refractivity contribution is 7.92. The number of anilines is 1. The molecule has 1 rings (SSSR count). The topological polar surface area (TPSA) is 68.3 Å². The molecule has 0 bridgehead atoms. The minimum atomic E-state index is -3.36. The monoisotopic (exact) mass is 328 g/mol. The van der Waals surface area contributed by atoms with E-state index in [2.05, 4.69) is 23.6 Å². The van der Waals surface area contributed by atoms with Gasteiger partial charge in [-0.05, 0) is 30.4 Å². The van der Waals surface area contributed by atoms with Crippen molar-refractivity contribution in [2.45, 2.75) is 58.3 Å². The lowest BCUT2D eigenvalue weighted by Crippen LogP contribution is -2.12. The summed E-state index contributed by atoms with van der Waals surface area (Å²) in [7, 11) is -1.87. The van der Waals surface area contributed by atoms with Crippen LogP contribution in [0.3, 0.4) is 0 Å². The molecule has 0 fully saturated rings. The van der Waals surface area contributed by atoms with Crippen molar-refractivity contribution < 1.29 is 13.2 Å². The molecule has 0 atom stereocenters. The molecule has 0 amide bonds. The summed E-state index contributed by atoms with van der Waals surface area (Å²) in [6, 6.07) is 1.86. The predicted molar refractivity (Wildman–Crippen MR) is 91.0 cm³/mol. The van der Waals surface area contributed by atoms with Crippen LogP contribution in [0.2, 0.25) is 0 Å². The van der Waals surface area contributed by atoms with E-state index < -0.39 is 10.0 Å². The van der Waals surface area contributed by atoms with E-state index in [4.69, 9.17) is 4.74 Å². The largest absolute Gasteiger partial charge is 0.480 e. The van der Waals surface area contributed by atoms with E-state index in [0.29, 0.717) is 17.5 Å². The van der Waals surface area contributed by atoms with Gasteiger partial charge in [0.2, 0.25) is 15.9 Å². The molecule has 126 valence electrons. The molecular formula is C16H28N2O3S. The SMILES string of the molecule is CCCCC(CCCC)c1cnc(OC)c(NS(C)(=O)=O)c1. The number of rotatable bonds is 10. The van der Waals surface area contributed by atoms with Crippen LogP contribution in [-0.2, 0) is 10.0 Å². The number of ether oxygens (including phenoxy) is 1. The Bertz CT molecular complexity index is 551. The number of aromatic nitrogens is 1. The van der Waals surface area contributed by atoms with E-state index in [9.17, 15) is 8.42 Å². The summed E-state index contributed by atoms with van der Waals surface area (Å²) in [6.45, 7) is 4.36. The van der Waals surface area contributed by atoms with E-state index in [0.717, 1.165) is 50.3 Å². The number of methoxy groups -OCH3 is 1. The molecule has 0 unspecified atom stereocenters. The number of unbranched alkanes of at least 4 members (excludes halogenated alkanes) is 2. The molecule has 5 nitrogen and oxygen atoms in total. The number of sulfonamides is 1. The summed E-state index contributed by atoms with van der Waals surface area (Å²) in [5.74, 6) is 0.720. The molecule has 1 aromatic heterocycles. The molecule has 1 N–H and O–H groups in total. The second-order valence-corrected chi connectivity index (χ2v) is 7.43. The Morgan fingerprint density at radius 2 is 1.82 bits per heavy atom. The molecule has 0 radical (unpaired) electrons. The Morgan fingerprint density at radius 1 is 1.23 bits per heavy atom. The zero-order valence-corrected chi connectivity index (χ0v) is 14.9. The lowest BCUT2D eigenvalue weighted by atomic mass is 9.90. The molecule has 0 aromatic carbocycles. The van der Waals surface area contributed by atoms with E-state index in [1.54, 1.807) is 0 Å². The second kappa shape index (κ2) is 8.98. The fraction of sp³-hybridized carbons (Fsp3) is 0.688. The maximum absolute atomic E-state index is 11.5. The minimum absolute atomic E-state index is 0.305. The molecular weight excluding hydrogens is 300 g/mol. The number of nitrogens with zero attached hydrogens (tertiary/aromatic N) is 1. The van der Waals surface area contributed by atoms with Gasteiger partial charge in [-0.15, -0.1) is 0 Å². The molecule has 0 aliphatic carbocycles. The van der Waals surface area contributed by atoms with Crippen LogP contribution in [0.25, 0.3) is 0 Å². The summed E-state index contributed by atoms with van der Waals surface area (Å²) in [4.78, 5) is 4.27. The zero-order chi connectivity index (χ0) is 16.6. The van der Waals surface area contributed by atoms with Crippen molar-refractivity contribution in [2.24, 2.45) is 0 Å². The Balaban J connectivity index is 3.06. The van der Waals surface area contributed by atoms with Crippen molar-refractivity contribution in [2.75, 3.05) is 18.1 Å². The quantitative estimate of drug-likeness (QED) is 0.706. The van der Waals surface area contributed by atoms with Gasteiger partial charge >= 0.3 is 0 Å². The second-order valence-electron chi connectivity index (χ2n) is 5.68. The Hall–Kier alpha value is -1.30. The standard InChI is InChI=1S/C16H28N2O3S/c1-5-7-9-13(10-8-6-2)14-11-15(18-22(4,19)20)16(21-3)17-12-14/h11-13,18H,5-10H2,1-4H3. The van der Waals surface area contributed by atoms with Gasteiger partial charge in [0.15, 0.2) is 0 Å². The fourth-order valence-electron chi connectivity index (χ4n) is 2.51. The summed E-state index contributed by atoms with van der Waals surface area (Å²) in [6.07, 6.45) is 9.77. The first-order valence-electron chi connectivity index (χ1n) is 7.93. The highest BCUT2D eigenvalue weighted by Crippen LogP contribution is 2.32. The summed E-state index contributed by atoms with van der Waals surface area (Å²) >= 11 is 0. The lowest BCUT2D eigenvalue weighted by molar-refractivity contribution is 0.399. The van der Waals surface area contributed by atoms with Gasteiger partial charge in [-0.1, -0.05) is 39.5 Å². The van der Waals surface area contributed by atoms with E-state index in [-0.39, 0.29) is 0 Å². The van der Waals surface area contributed by atoms with Crippen LogP contribution in [0.5, 0.6) is 5.88 Å². The van der Waals surface area contributed by atoms with Gasteiger partial charge in [-0.25, -0.2) is 13.4 Å². The van der Waals surface area contributed by atoms with Crippen molar-refractivity contribution >= 4 is 15.7 Å². The Kier molecular flexibility index (Phi) is 7.65. The van der Waals surface area contributed by atoms with Crippen LogP contribution in [0.1, 0.15) is 63.9 Å². The molecule has 0 aliphatic heterocycles. The van der Waals surface area contributed by atoms with Gasteiger partial charge in [0.05, 0.1) is 13.4 Å². The zero-order valence-electron chi connectivity index (χ0n) is 14.1. The maximum Gasteiger partial charge on any atom is 0.238 e. The third kappa shape index (κ3) is 6.22.